The van der Waals surface area contributed by atoms with Gasteiger partial charge in [-0.05, 0) is 122 Å². The van der Waals surface area contributed by atoms with Crippen LogP contribution in [-0.2, 0) is 12.8 Å². The van der Waals surface area contributed by atoms with Crippen LogP contribution in [0.3, 0.4) is 0 Å². The highest BCUT2D eigenvalue weighted by molar-refractivity contribution is 7.98. The lowest BCUT2D eigenvalue weighted by molar-refractivity contribution is 0.248. The van der Waals surface area contributed by atoms with Gasteiger partial charge in [0.1, 0.15) is 23.0 Å². The molecule has 0 amide bonds. The Bertz CT molecular complexity index is 1870. The Hall–Kier alpha value is -3.15. The molecule has 2 aliphatic heterocycles. The number of hydrogen-bond acceptors (Lipinski definition) is 9. The average molecular weight is 788 g/mol. The SMILES string of the molecule is CSc1ccc(Oc2ccc(N3CCN(C4CC4)CC3)cc2CCNC(N)Cc2cc(N3CCN(C4CC4)CC3)ccc2Oc2ccc(Cl)c(Cl)c2)cc1. The van der Waals surface area contributed by atoms with Gasteiger partial charge in [-0.1, -0.05) is 23.2 Å². The Morgan fingerprint density at radius 3 is 1.76 bits per heavy atom. The molecule has 0 spiro atoms. The molecule has 3 N–H and O–H groups in total. The highest BCUT2D eigenvalue weighted by Gasteiger charge is 2.32. The molecule has 4 aromatic rings. The molecule has 286 valence electrons. The van der Waals surface area contributed by atoms with Crippen LogP contribution in [-0.4, -0.2) is 93.2 Å². The largest absolute Gasteiger partial charge is 0.457 e. The van der Waals surface area contributed by atoms with Crippen LogP contribution in [0.1, 0.15) is 36.8 Å². The Morgan fingerprint density at radius 1 is 0.667 bits per heavy atom. The molecule has 0 aromatic heterocycles. The summed E-state index contributed by atoms with van der Waals surface area (Å²) in [5.74, 6) is 3.13. The first-order chi connectivity index (χ1) is 26.4. The molecule has 0 radical (unpaired) electrons. The molecule has 4 fully saturated rings. The van der Waals surface area contributed by atoms with Gasteiger partial charge in [-0.3, -0.25) is 9.80 Å². The van der Waals surface area contributed by atoms with E-state index in [2.05, 4.69) is 79.7 Å². The second-order valence-corrected chi connectivity index (χ2v) is 16.8. The molecule has 11 heteroatoms. The Kier molecular flexibility index (Phi) is 12.1. The standard InChI is InChI=1S/C43H52Cl2N6O2S/c1-54-38-11-8-36(9-12-38)52-41-14-6-34(50-22-18-48(19-23-50)32-2-3-32)26-30(41)16-17-47-43(46)28-31-27-35(51-24-20-49(21-25-51)33-4-5-33)7-15-42(31)53-37-10-13-39(44)40(45)29-37/h6-15,26-27,29,32-33,43,47H,2-5,16-25,28,46H2,1H3. The van der Waals surface area contributed by atoms with Gasteiger partial charge < -0.3 is 30.3 Å². The van der Waals surface area contributed by atoms with Gasteiger partial charge >= 0.3 is 0 Å². The second-order valence-electron chi connectivity index (χ2n) is 15.1. The van der Waals surface area contributed by atoms with Crippen molar-refractivity contribution in [2.24, 2.45) is 5.73 Å². The van der Waals surface area contributed by atoms with Gasteiger partial charge in [-0.25, -0.2) is 0 Å². The molecular weight excluding hydrogens is 735 g/mol. The third-order valence-electron chi connectivity index (χ3n) is 11.2. The van der Waals surface area contributed by atoms with E-state index in [4.69, 9.17) is 38.4 Å². The van der Waals surface area contributed by atoms with E-state index in [0.29, 0.717) is 28.8 Å². The number of piperazine rings is 2. The van der Waals surface area contributed by atoms with Crippen molar-refractivity contribution in [2.45, 2.75) is 61.7 Å². The zero-order chi connectivity index (χ0) is 37.0. The van der Waals surface area contributed by atoms with Gasteiger partial charge in [-0.2, -0.15) is 0 Å². The molecule has 2 aliphatic carbocycles. The minimum absolute atomic E-state index is 0.287. The van der Waals surface area contributed by atoms with E-state index in [9.17, 15) is 0 Å². The molecule has 54 heavy (non-hydrogen) atoms. The first kappa shape index (κ1) is 37.8. The van der Waals surface area contributed by atoms with Crippen LogP contribution < -0.4 is 30.3 Å². The average Bonchev–Trinajstić information content (AvgIpc) is 4.13. The summed E-state index contributed by atoms with van der Waals surface area (Å²) >= 11 is 14.3. The maximum atomic E-state index is 6.87. The number of halogens is 2. The predicted molar refractivity (Wildman–Crippen MR) is 225 cm³/mol. The first-order valence-corrected chi connectivity index (χ1v) is 21.5. The number of nitrogens with one attached hydrogen (secondary N) is 1. The van der Waals surface area contributed by atoms with Crippen molar-refractivity contribution in [1.29, 1.82) is 0 Å². The van der Waals surface area contributed by atoms with E-state index >= 15 is 0 Å². The number of rotatable bonds is 15. The van der Waals surface area contributed by atoms with E-state index in [1.165, 1.54) is 47.5 Å². The summed E-state index contributed by atoms with van der Waals surface area (Å²) < 4.78 is 12.9. The molecule has 8 nitrogen and oxygen atoms in total. The maximum Gasteiger partial charge on any atom is 0.130 e. The summed E-state index contributed by atoms with van der Waals surface area (Å²) in [7, 11) is 0. The smallest absolute Gasteiger partial charge is 0.130 e. The van der Waals surface area contributed by atoms with Crippen molar-refractivity contribution in [3.8, 4) is 23.0 Å². The van der Waals surface area contributed by atoms with Crippen LogP contribution in [0.15, 0.2) is 83.8 Å². The number of ether oxygens (including phenoxy) is 2. The monoisotopic (exact) mass is 786 g/mol. The molecule has 4 aliphatic rings. The lowest BCUT2D eigenvalue weighted by Gasteiger charge is -2.36. The predicted octanol–water partition coefficient (Wildman–Crippen LogP) is 8.53. The van der Waals surface area contributed by atoms with Crippen molar-refractivity contribution in [3.05, 3.63) is 100 Å². The molecule has 2 saturated heterocycles. The summed E-state index contributed by atoms with van der Waals surface area (Å²) in [4.78, 5) is 11.5. The number of nitrogens with zero attached hydrogens (tertiary/aromatic N) is 4. The molecule has 1 atom stereocenters. The maximum absolute atomic E-state index is 6.87. The van der Waals surface area contributed by atoms with Crippen LogP contribution in [0, 0.1) is 0 Å². The number of benzene rings is 4. The van der Waals surface area contributed by atoms with Gasteiger partial charge in [0, 0.05) is 99.7 Å². The van der Waals surface area contributed by atoms with Gasteiger partial charge in [0.2, 0.25) is 0 Å². The number of hydrogen-bond donors (Lipinski definition) is 2. The quantitative estimate of drug-likeness (QED) is 0.0912. The Labute approximate surface area is 334 Å². The lowest BCUT2D eigenvalue weighted by atomic mass is 10.1. The minimum atomic E-state index is -0.287. The third kappa shape index (κ3) is 9.62. The van der Waals surface area contributed by atoms with Crippen molar-refractivity contribution < 1.29 is 9.47 Å². The van der Waals surface area contributed by atoms with E-state index in [1.54, 1.807) is 23.9 Å². The van der Waals surface area contributed by atoms with Gasteiger partial charge in [-0.15, -0.1) is 11.8 Å². The highest BCUT2D eigenvalue weighted by atomic mass is 35.5. The van der Waals surface area contributed by atoms with Crippen LogP contribution in [0.2, 0.25) is 10.0 Å². The van der Waals surface area contributed by atoms with Crippen LogP contribution >= 0.6 is 35.0 Å². The van der Waals surface area contributed by atoms with Crippen molar-refractivity contribution in [2.75, 3.05) is 75.0 Å². The molecule has 4 aromatic carbocycles. The molecule has 8 rings (SSSR count). The van der Waals surface area contributed by atoms with E-state index in [-0.39, 0.29) is 6.17 Å². The minimum Gasteiger partial charge on any atom is -0.457 e. The van der Waals surface area contributed by atoms with Gasteiger partial charge in [0.05, 0.1) is 16.2 Å². The third-order valence-corrected chi connectivity index (χ3v) is 12.7. The van der Waals surface area contributed by atoms with Crippen molar-refractivity contribution >= 4 is 46.3 Å². The Morgan fingerprint density at radius 2 is 1.20 bits per heavy atom. The van der Waals surface area contributed by atoms with Crippen molar-refractivity contribution in [1.82, 2.24) is 15.1 Å². The fourth-order valence-electron chi connectivity index (χ4n) is 7.79. The van der Waals surface area contributed by atoms with Gasteiger partial charge in [0.25, 0.3) is 0 Å². The topological polar surface area (TPSA) is 69.5 Å². The van der Waals surface area contributed by atoms with Crippen LogP contribution in [0.25, 0.3) is 0 Å². The molecular formula is C43H52Cl2N6O2S. The summed E-state index contributed by atoms with van der Waals surface area (Å²) in [6, 6.07) is 28.5. The van der Waals surface area contributed by atoms with Crippen LogP contribution in [0.5, 0.6) is 23.0 Å². The van der Waals surface area contributed by atoms with Crippen LogP contribution in [0.4, 0.5) is 11.4 Å². The normalized spacial score (nSPS) is 18.9. The molecule has 1 unspecified atom stereocenters. The fraction of sp³-hybridized carbons (Fsp3) is 0.442. The summed E-state index contributed by atoms with van der Waals surface area (Å²) in [6.07, 6.45) is 8.59. The van der Waals surface area contributed by atoms with E-state index in [0.717, 1.165) is 93.7 Å². The molecule has 0 bridgehead atoms. The summed E-state index contributed by atoms with van der Waals surface area (Å²) in [5, 5.41) is 4.59. The number of nitrogens with two attached hydrogens (primary N) is 1. The molecule has 2 heterocycles. The number of anilines is 2. The zero-order valence-electron chi connectivity index (χ0n) is 31.2. The lowest BCUT2D eigenvalue weighted by Crippen LogP contribution is -2.47. The van der Waals surface area contributed by atoms with E-state index < -0.39 is 0 Å². The van der Waals surface area contributed by atoms with E-state index in [1.807, 2.05) is 18.2 Å². The fourth-order valence-corrected chi connectivity index (χ4v) is 8.48. The summed E-state index contributed by atoms with van der Waals surface area (Å²) in [6.45, 7) is 9.33. The first-order valence-electron chi connectivity index (χ1n) is 19.6. The summed E-state index contributed by atoms with van der Waals surface area (Å²) in [5.41, 5.74) is 11.6. The van der Waals surface area contributed by atoms with Crippen molar-refractivity contribution in [3.63, 3.8) is 0 Å². The van der Waals surface area contributed by atoms with Gasteiger partial charge in [0.15, 0.2) is 0 Å². The highest BCUT2D eigenvalue weighted by Crippen LogP contribution is 2.36. The molecule has 2 saturated carbocycles. The zero-order valence-corrected chi connectivity index (χ0v) is 33.5. The Balaban J connectivity index is 0.959. The number of thioether (sulfide) groups is 1. The second kappa shape index (κ2) is 17.3.